The SMILES string of the molecule is Cc1ccc(S(=O)(=O)N(Cc2ccc(/C=N/NC(=O)C(=O)Nc3ccc(OCc4ccccc4)cc3)o2)Cc2ccc(Cl)cc2Cl)cc1. The standard InChI is InChI=1S/C35H30Cl2N4O6S/c1-24-7-17-32(18-8-24)48(44,45)41(21-26-9-10-27(36)19-33(26)37)22-31-16-15-30(47-31)20-38-40-35(43)34(42)39-28-11-13-29(14-12-28)46-23-25-5-3-2-4-6-25/h2-20H,21-23H2,1H3,(H,39,42)(H,40,43)/b38-20+. The molecule has 1 heterocycles. The summed E-state index contributed by atoms with van der Waals surface area (Å²) in [4.78, 5) is 24.8. The first-order chi connectivity index (χ1) is 23.1. The summed E-state index contributed by atoms with van der Waals surface area (Å²) in [5.74, 6) is -0.805. The number of furan rings is 1. The van der Waals surface area contributed by atoms with E-state index in [2.05, 4.69) is 15.8 Å². The molecule has 5 rings (SSSR count). The second-order valence-corrected chi connectivity index (χ2v) is 13.4. The van der Waals surface area contributed by atoms with Crippen LogP contribution in [0.4, 0.5) is 5.69 Å². The van der Waals surface area contributed by atoms with Gasteiger partial charge in [-0.2, -0.15) is 9.41 Å². The van der Waals surface area contributed by atoms with Crippen molar-refractivity contribution in [3.8, 4) is 5.75 Å². The molecule has 0 unspecified atom stereocenters. The van der Waals surface area contributed by atoms with Gasteiger partial charge in [-0.05, 0) is 78.7 Å². The van der Waals surface area contributed by atoms with Gasteiger partial charge in [-0.25, -0.2) is 13.8 Å². The predicted molar refractivity (Wildman–Crippen MR) is 184 cm³/mol. The summed E-state index contributed by atoms with van der Waals surface area (Å²) in [6, 6.07) is 30.8. The highest BCUT2D eigenvalue weighted by Gasteiger charge is 2.27. The number of carbonyl (C=O) groups is 2. The van der Waals surface area contributed by atoms with Crippen LogP contribution >= 0.6 is 23.2 Å². The number of halogens is 2. The molecule has 0 fully saturated rings. The molecule has 0 aliphatic rings. The first-order valence-corrected chi connectivity index (χ1v) is 16.8. The molecule has 1 aromatic heterocycles. The molecule has 0 saturated carbocycles. The van der Waals surface area contributed by atoms with Crippen molar-refractivity contribution in [1.82, 2.24) is 9.73 Å². The van der Waals surface area contributed by atoms with E-state index in [4.69, 9.17) is 32.4 Å². The molecule has 0 saturated heterocycles. The number of hydrazone groups is 1. The predicted octanol–water partition coefficient (Wildman–Crippen LogP) is 6.95. The van der Waals surface area contributed by atoms with Crippen molar-refractivity contribution in [2.75, 3.05) is 5.32 Å². The molecule has 0 aliphatic carbocycles. The Kier molecular flexibility index (Phi) is 11.3. The number of sulfonamides is 1. The topological polar surface area (TPSA) is 130 Å². The molecule has 0 aliphatic heterocycles. The minimum Gasteiger partial charge on any atom is -0.489 e. The van der Waals surface area contributed by atoms with E-state index in [0.29, 0.717) is 39.4 Å². The van der Waals surface area contributed by atoms with Crippen LogP contribution < -0.4 is 15.5 Å². The van der Waals surface area contributed by atoms with E-state index in [0.717, 1.165) is 11.1 Å². The third kappa shape index (κ3) is 9.33. The number of benzene rings is 4. The number of anilines is 1. The van der Waals surface area contributed by atoms with Crippen LogP contribution in [0.1, 0.15) is 28.2 Å². The Morgan fingerprint density at radius 1 is 0.875 bits per heavy atom. The molecule has 0 atom stereocenters. The molecule has 10 nitrogen and oxygen atoms in total. The van der Waals surface area contributed by atoms with Crippen LogP contribution in [-0.2, 0) is 39.3 Å². The fraction of sp³-hybridized carbons (Fsp3) is 0.114. The summed E-state index contributed by atoms with van der Waals surface area (Å²) in [5, 5.41) is 7.04. The first kappa shape index (κ1) is 34.4. The van der Waals surface area contributed by atoms with Gasteiger partial charge in [0.05, 0.1) is 17.7 Å². The highest BCUT2D eigenvalue weighted by Crippen LogP contribution is 2.27. The number of amides is 2. The maximum atomic E-state index is 13.7. The maximum Gasteiger partial charge on any atom is 0.329 e. The van der Waals surface area contributed by atoms with E-state index >= 15 is 0 Å². The maximum absolute atomic E-state index is 13.7. The van der Waals surface area contributed by atoms with Crippen LogP contribution in [0.15, 0.2) is 124 Å². The van der Waals surface area contributed by atoms with Gasteiger partial charge in [0.25, 0.3) is 0 Å². The van der Waals surface area contributed by atoms with Crippen LogP contribution in [0.3, 0.4) is 0 Å². The lowest BCUT2D eigenvalue weighted by molar-refractivity contribution is -0.136. The van der Waals surface area contributed by atoms with E-state index in [9.17, 15) is 18.0 Å². The van der Waals surface area contributed by atoms with Gasteiger partial charge in [-0.3, -0.25) is 9.59 Å². The lowest BCUT2D eigenvalue weighted by Crippen LogP contribution is -2.32. The number of hydrogen-bond acceptors (Lipinski definition) is 7. The van der Waals surface area contributed by atoms with Gasteiger partial charge in [-0.15, -0.1) is 0 Å². The lowest BCUT2D eigenvalue weighted by Gasteiger charge is -2.22. The second-order valence-electron chi connectivity index (χ2n) is 10.6. The molecular weight excluding hydrogens is 675 g/mol. The zero-order valence-corrected chi connectivity index (χ0v) is 27.9. The molecule has 48 heavy (non-hydrogen) atoms. The monoisotopic (exact) mass is 704 g/mol. The number of nitrogens with zero attached hydrogens (tertiary/aromatic N) is 2. The minimum absolute atomic E-state index is 0.0507. The average molecular weight is 706 g/mol. The largest absolute Gasteiger partial charge is 0.489 e. The molecule has 0 bridgehead atoms. The van der Waals surface area contributed by atoms with Gasteiger partial charge >= 0.3 is 11.8 Å². The average Bonchev–Trinajstić information content (AvgIpc) is 3.53. The number of aryl methyl sites for hydroxylation is 1. The third-order valence-electron chi connectivity index (χ3n) is 6.96. The first-order valence-electron chi connectivity index (χ1n) is 14.6. The van der Waals surface area contributed by atoms with Crippen LogP contribution in [-0.4, -0.2) is 30.8 Å². The van der Waals surface area contributed by atoms with E-state index in [1.807, 2.05) is 37.3 Å². The van der Waals surface area contributed by atoms with E-state index in [-0.39, 0.29) is 23.7 Å². The smallest absolute Gasteiger partial charge is 0.329 e. The molecule has 246 valence electrons. The summed E-state index contributed by atoms with van der Waals surface area (Å²) < 4.78 is 40.1. The van der Waals surface area contributed by atoms with Crippen LogP contribution in [0.5, 0.6) is 5.75 Å². The van der Waals surface area contributed by atoms with Gasteiger partial charge < -0.3 is 14.5 Å². The number of carbonyl (C=O) groups excluding carboxylic acids is 2. The van der Waals surface area contributed by atoms with Gasteiger partial charge in [0.2, 0.25) is 10.0 Å². The number of hydrogen-bond donors (Lipinski definition) is 2. The highest BCUT2D eigenvalue weighted by atomic mass is 35.5. The summed E-state index contributed by atoms with van der Waals surface area (Å²) in [5.41, 5.74) is 5.03. The Balaban J connectivity index is 1.18. The minimum atomic E-state index is -3.97. The number of ether oxygens (including phenoxy) is 1. The van der Waals surface area contributed by atoms with Crippen molar-refractivity contribution in [1.29, 1.82) is 0 Å². The van der Waals surface area contributed by atoms with Gasteiger partial charge in [0, 0.05) is 22.3 Å². The van der Waals surface area contributed by atoms with Crippen molar-refractivity contribution in [3.05, 3.63) is 147 Å². The second kappa shape index (κ2) is 15.8. The molecule has 0 radical (unpaired) electrons. The van der Waals surface area contributed by atoms with Crippen molar-refractivity contribution in [3.63, 3.8) is 0 Å². The molecule has 2 N–H and O–H groups in total. The van der Waals surface area contributed by atoms with E-state index in [1.165, 1.54) is 22.7 Å². The van der Waals surface area contributed by atoms with Crippen molar-refractivity contribution in [2.24, 2.45) is 5.10 Å². The van der Waals surface area contributed by atoms with Crippen LogP contribution in [0.2, 0.25) is 10.0 Å². The number of rotatable bonds is 12. The van der Waals surface area contributed by atoms with E-state index < -0.39 is 21.8 Å². The lowest BCUT2D eigenvalue weighted by atomic mass is 10.2. The van der Waals surface area contributed by atoms with Crippen LogP contribution in [0.25, 0.3) is 0 Å². The fourth-order valence-electron chi connectivity index (χ4n) is 4.42. The van der Waals surface area contributed by atoms with Gasteiger partial charge in [0.1, 0.15) is 23.9 Å². The van der Waals surface area contributed by atoms with Gasteiger partial charge in [0.15, 0.2) is 0 Å². The summed E-state index contributed by atoms with van der Waals surface area (Å²) in [6.45, 7) is 2.08. The van der Waals surface area contributed by atoms with Gasteiger partial charge in [-0.1, -0.05) is 77.3 Å². The quantitative estimate of drug-likeness (QED) is 0.0821. The summed E-state index contributed by atoms with van der Waals surface area (Å²) >= 11 is 12.4. The van der Waals surface area contributed by atoms with Crippen LogP contribution in [0, 0.1) is 6.92 Å². The Hall–Kier alpha value is -4.94. The highest BCUT2D eigenvalue weighted by molar-refractivity contribution is 7.89. The Labute approximate surface area is 288 Å². The molecule has 13 heteroatoms. The summed E-state index contributed by atoms with van der Waals surface area (Å²) in [6.07, 6.45) is 1.20. The normalized spacial score (nSPS) is 11.5. The third-order valence-corrected chi connectivity index (χ3v) is 9.35. The number of nitrogens with one attached hydrogen (secondary N) is 2. The van der Waals surface area contributed by atoms with Crippen molar-refractivity contribution >= 4 is 56.9 Å². The molecule has 2 amide bonds. The zero-order valence-electron chi connectivity index (χ0n) is 25.6. The molecule has 4 aromatic carbocycles. The van der Waals surface area contributed by atoms with Crippen molar-refractivity contribution in [2.45, 2.75) is 31.5 Å². The Morgan fingerprint density at radius 2 is 1.60 bits per heavy atom. The molecule has 5 aromatic rings. The molecule has 0 spiro atoms. The zero-order chi connectivity index (χ0) is 34.1. The Bertz CT molecular complexity index is 2020. The fourth-order valence-corrected chi connectivity index (χ4v) is 6.27. The molecular formula is C35H30Cl2N4O6S. The summed E-state index contributed by atoms with van der Waals surface area (Å²) in [7, 11) is -3.97. The van der Waals surface area contributed by atoms with Crippen molar-refractivity contribution < 1.29 is 27.2 Å². The Morgan fingerprint density at radius 3 is 2.31 bits per heavy atom. The van der Waals surface area contributed by atoms with E-state index in [1.54, 1.807) is 66.7 Å².